The first-order valence-electron chi connectivity index (χ1n) is 5.62. The molecule has 1 saturated carbocycles. The van der Waals surface area contributed by atoms with E-state index in [1.54, 1.807) is 0 Å². The minimum atomic E-state index is -0.00912. The van der Waals surface area contributed by atoms with Gasteiger partial charge in [0.2, 0.25) is 10.1 Å². The van der Waals surface area contributed by atoms with E-state index in [1.807, 2.05) is 4.90 Å². The molecule has 1 aliphatic carbocycles. The van der Waals surface area contributed by atoms with Gasteiger partial charge in [-0.2, -0.15) is 0 Å². The SMILES string of the molecule is CCCCN(C(=O)c1nnc(N)s1)C1CC1. The quantitative estimate of drug-likeness (QED) is 0.847. The Hall–Kier alpha value is -1.17. The number of nitrogens with two attached hydrogens (primary N) is 1. The molecule has 5 nitrogen and oxygen atoms in total. The summed E-state index contributed by atoms with van der Waals surface area (Å²) >= 11 is 1.17. The summed E-state index contributed by atoms with van der Waals surface area (Å²) in [6.45, 7) is 2.94. The predicted octanol–water partition coefficient (Wildman–Crippen LogP) is 1.53. The van der Waals surface area contributed by atoms with E-state index < -0.39 is 0 Å². The van der Waals surface area contributed by atoms with Gasteiger partial charge in [-0.3, -0.25) is 4.79 Å². The third-order valence-corrected chi connectivity index (χ3v) is 3.37. The normalized spacial score (nSPS) is 15.1. The van der Waals surface area contributed by atoms with Crippen LogP contribution in [-0.4, -0.2) is 33.6 Å². The lowest BCUT2D eigenvalue weighted by molar-refractivity contribution is 0.0739. The highest BCUT2D eigenvalue weighted by atomic mass is 32.1. The van der Waals surface area contributed by atoms with E-state index in [9.17, 15) is 4.79 Å². The third kappa shape index (κ3) is 2.49. The summed E-state index contributed by atoms with van der Waals surface area (Å²) in [7, 11) is 0. The molecule has 1 aliphatic rings. The first kappa shape index (κ1) is 11.3. The minimum Gasteiger partial charge on any atom is -0.374 e. The number of aromatic nitrogens is 2. The molecule has 2 N–H and O–H groups in total. The Morgan fingerprint density at radius 3 is 2.81 bits per heavy atom. The minimum absolute atomic E-state index is 0.00912. The van der Waals surface area contributed by atoms with Gasteiger partial charge in [0.15, 0.2) is 0 Å². The maximum Gasteiger partial charge on any atom is 0.285 e. The standard InChI is InChI=1S/C10H16N4OS/c1-2-3-6-14(7-4-5-7)9(15)8-12-13-10(11)16-8/h7H,2-6H2,1H3,(H2,11,13). The van der Waals surface area contributed by atoms with Crippen molar-refractivity contribution in [3.8, 4) is 0 Å². The number of carbonyl (C=O) groups excluding carboxylic acids is 1. The molecule has 1 aromatic heterocycles. The van der Waals surface area contributed by atoms with Crippen LogP contribution < -0.4 is 5.73 Å². The van der Waals surface area contributed by atoms with Gasteiger partial charge < -0.3 is 10.6 Å². The molecule has 0 saturated heterocycles. The van der Waals surface area contributed by atoms with E-state index >= 15 is 0 Å². The maximum atomic E-state index is 12.1. The van der Waals surface area contributed by atoms with Crippen LogP contribution in [0, 0.1) is 0 Å². The summed E-state index contributed by atoms with van der Waals surface area (Å²) in [4.78, 5) is 14.0. The maximum absolute atomic E-state index is 12.1. The molecule has 0 unspecified atom stereocenters. The van der Waals surface area contributed by atoms with Gasteiger partial charge in [0.05, 0.1) is 0 Å². The highest BCUT2D eigenvalue weighted by molar-refractivity contribution is 7.16. The Labute approximate surface area is 98.7 Å². The first-order valence-corrected chi connectivity index (χ1v) is 6.44. The molecule has 16 heavy (non-hydrogen) atoms. The highest BCUT2D eigenvalue weighted by Gasteiger charge is 2.33. The van der Waals surface area contributed by atoms with Crippen LogP contribution in [0.5, 0.6) is 0 Å². The van der Waals surface area contributed by atoms with Gasteiger partial charge in [0.1, 0.15) is 0 Å². The second-order valence-electron chi connectivity index (χ2n) is 4.03. The molecule has 0 aromatic carbocycles. The number of amides is 1. The molecule has 0 atom stereocenters. The third-order valence-electron chi connectivity index (χ3n) is 2.62. The van der Waals surface area contributed by atoms with Crippen molar-refractivity contribution in [1.29, 1.82) is 0 Å². The molecule has 88 valence electrons. The van der Waals surface area contributed by atoms with Crippen LogP contribution in [0.2, 0.25) is 0 Å². The molecular weight excluding hydrogens is 224 g/mol. The van der Waals surface area contributed by atoms with Crippen LogP contribution in [0.1, 0.15) is 42.4 Å². The largest absolute Gasteiger partial charge is 0.374 e. The molecule has 1 aromatic rings. The van der Waals surface area contributed by atoms with Crippen molar-refractivity contribution >= 4 is 22.4 Å². The second-order valence-corrected chi connectivity index (χ2v) is 5.04. The van der Waals surface area contributed by atoms with Crippen molar-refractivity contribution < 1.29 is 4.79 Å². The highest BCUT2D eigenvalue weighted by Crippen LogP contribution is 2.29. The lowest BCUT2D eigenvalue weighted by Crippen LogP contribution is -2.33. The van der Waals surface area contributed by atoms with Crippen molar-refractivity contribution in [2.24, 2.45) is 0 Å². The second kappa shape index (κ2) is 4.78. The number of rotatable bonds is 5. The first-order chi connectivity index (χ1) is 7.72. The zero-order chi connectivity index (χ0) is 11.5. The number of nitrogen functional groups attached to an aromatic ring is 1. The van der Waals surface area contributed by atoms with Crippen LogP contribution >= 0.6 is 11.3 Å². The van der Waals surface area contributed by atoms with Crippen molar-refractivity contribution in [3.05, 3.63) is 5.01 Å². The molecule has 1 fully saturated rings. The fourth-order valence-electron chi connectivity index (χ4n) is 1.61. The topological polar surface area (TPSA) is 72.1 Å². The zero-order valence-corrected chi connectivity index (χ0v) is 10.2. The Morgan fingerprint density at radius 1 is 1.56 bits per heavy atom. The van der Waals surface area contributed by atoms with E-state index in [0.29, 0.717) is 16.2 Å². The number of carbonyl (C=O) groups is 1. The van der Waals surface area contributed by atoms with E-state index in [4.69, 9.17) is 5.73 Å². The lowest BCUT2D eigenvalue weighted by atomic mass is 10.3. The monoisotopic (exact) mass is 240 g/mol. The van der Waals surface area contributed by atoms with E-state index in [1.165, 1.54) is 11.3 Å². The summed E-state index contributed by atoms with van der Waals surface area (Å²) in [6, 6.07) is 0.421. The van der Waals surface area contributed by atoms with Crippen LogP contribution in [-0.2, 0) is 0 Å². The predicted molar refractivity (Wildman–Crippen MR) is 63.3 cm³/mol. The fourth-order valence-corrected chi connectivity index (χ4v) is 2.17. The van der Waals surface area contributed by atoms with Gasteiger partial charge in [-0.15, -0.1) is 10.2 Å². The van der Waals surface area contributed by atoms with Gasteiger partial charge in [0.25, 0.3) is 5.91 Å². The molecule has 6 heteroatoms. The summed E-state index contributed by atoms with van der Waals surface area (Å²) < 4.78 is 0. The van der Waals surface area contributed by atoms with Crippen molar-refractivity contribution in [1.82, 2.24) is 15.1 Å². The van der Waals surface area contributed by atoms with E-state index in [0.717, 1.165) is 32.2 Å². The number of hydrogen-bond donors (Lipinski definition) is 1. The Bertz CT molecular complexity index is 375. The molecule has 0 aliphatic heterocycles. The Balaban J connectivity index is 2.04. The lowest BCUT2D eigenvalue weighted by Gasteiger charge is -2.20. The van der Waals surface area contributed by atoms with Crippen molar-refractivity contribution in [2.75, 3.05) is 12.3 Å². The number of hydrogen-bond acceptors (Lipinski definition) is 5. The number of anilines is 1. The fraction of sp³-hybridized carbons (Fsp3) is 0.700. The van der Waals surface area contributed by atoms with Crippen molar-refractivity contribution in [2.45, 2.75) is 38.6 Å². The average Bonchev–Trinajstić information content (AvgIpc) is 3.01. The summed E-state index contributed by atoms with van der Waals surface area (Å²) in [5.41, 5.74) is 5.48. The average molecular weight is 240 g/mol. The van der Waals surface area contributed by atoms with Gasteiger partial charge in [-0.05, 0) is 19.3 Å². The smallest absolute Gasteiger partial charge is 0.285 e. The van der Waals surface area contributed by atoms with Gasteiger partial charge >= 0.3 is 0 Å². The molecular formula is C10H16N4OS. The van der Waals surface area contributed by atoms with Crippen LogP contribution in [0.3, 0.4) is 0 Å². The van der Waals surface area contributed by atoms with Crippen LogP contribution in [0.25, 0.3) is 0 Å². The number of unbranched alkanes of at least 4 members (excludes halogenated alkanes) is 1. The van der Waals surface area contributed by atoms with Crippen molar-refractivity contribution in [3.63, 3.8) is 0 Å². The summed E-state index contributed by atoms with van der Waals surface area (Å²) in [5, 5.41) is 8.26. The van der Waals surface area contributed by atoms with Gasteiger partial charge in [0, 0.05) is 12.6 Å². The number of nitrogens with zero attached hydrogens (tertiary/aromatic N) is 3. The van der Waals surface area contributed by atoms with Gasteiger partial charge in [-0.1, -0.05) is 24.7 Å². The van der Waals surface area contributed by atoms with Gasteiger partial charge in [-0.25, -0.2) is 0 Å². The Morgan fingerprint density at radius 2 is 2.31 bits per heavy atom. The molecule has 0 spiro atoms. The molecule has 0 bridgehead atoms. The summed E-state index contributed by atoms with van der Waals surface area (Å²) in [6.07, 6.45) is 4.36. The van der Waals surface area contributed by atoms with Crippen LogP contribution in [0.4, 0.5) is 5.13 Å². The zero-order valence-electron chi connectivity index (χ0n) is 9.35. The molecule has 2 rings (SSSR count). The summed E-state index contributed by atoms with van der Waals surface area (Å²) in [5.74, 6) is -0.00912. The molecule has 0 radical (unpaired) electrons. The molecule has 1 heterocycles. The van der Waals surface area contributed by atoms with Crippen LogP contribution in [0.15, 0.2) is 0 Å². The Kier molecular flexibility index (Phi) is 3.38. The van der Waals surface area contributed by atoms with E-state index in [-0.39, 0.29) is 5.91 Å². The van der Waals surface area contributed by atoms with E-state index in [2.05, 4.69) is 17.1 Å². The molecule has 1 amide bonds.